The summed E-state index contributed by atoms with van der Waals surface area (Å²) in [6.45, 7) is 0.522. The number of carbonyl (C=O) groups is 1. The summed E-state index contributed by atoms with van der Waals surface area (Å²) in [5, 5.41) is 14.4. The van der Waals surface area contributed by atoms with Crippen LogP contribution < -0.4 is 10.1 Å². The minimum Gasteiger partial charge on any atom is -0.493 e. The van der Waals surface area contributed by atoms with Crippen molar-refractivity contribution in [1.82, 2.24) is 10.3 Å². The molecule has 4 aromatic rings. The van der Waals surface area contributed by atoms with Gasteiger partial charge in [-0.15, -0.1) is 0 Å². The highest BCUT2D eigenvalue weighted by molar-refractivity contribution is 6.35. The average Bonchev–Trinajstić information content (AvgIpc) is 2.83. The van der Waals surface area contributed by atoms with E-state index in [1.54, 1.807) is 12.3 Å². The van der Waals surface area contributed by atoms with Crippen molar-refractivity contribution in [3.63, 3.8) is 0 Å². The Bertz CT molecular complexity index is 1440. The van der Waals surface area contributed by atoms with Crippen LogP contribution in [0.5, 0.6) is 5.75 Å². The van der Waals surface area contributed by atoms with Gasteiger partial charge in [0.2, 0.25) is 0 Å². The van der Waals surface area contributed by atoms with Crippen LogP contribution in [0.1, 0.15) is 33.9 Å². The van der Waals surface area contributed by atoms with E-state index in [4.69, 9.17) is 27.9 Å². The van der Waals surface area contributed by atoms with Crippen LogP contribution in [0.15, 0.2) is 66.9 Å². The molecular formula is C27H19Cl2N3O2. The zero-order chi connectivity index (χ0) is 23.7. The first-order valence-electron chi connectivity index (χ1n) is 10.8. The number of nitrogens with one attached hydrogen (secondary N) is 1. The Balaban J connectivity index is 1.57. The fourth-order valence-corrected chi connectivity index (χ4v) is 4.94. The molecule has 34 heavy (non-hydrogen) atoms. The quantitative estimate of drug-likeness (QED) is 0.355. The molecule has 2 heterocycles. The molecule has 0 saturated carbocycles. The molecule has 1 amide bonds. The number of hydrogen-bond acceptors (Lipinski definition) is 4. The predicted octanol–water partition coefficient (Wildman–Crippen LogP) is 6.53. The number of rotatable bonds is 4. The maximum Gasteiger partial charge on any atom is 0.253 e. The van der Waals surface area contributed by atoms with Gasteiger partial charge in [-0.05, 0) is 35.4 Å². The van der Waals surface area contributed by atoms with Gasteiger partial charge in [0.25, 0.3) is 5.91 Å². The van der Waals surface area contributed by atoms with Gasteiger partial charge in [0.1, 0.15) is 5.75 Å². The fourth-order valence-electron chi connectivity index (χ4n) is 4.41. The molecule has 0 aliphatic carbocycles. The van der Waals surface area contributed by atoms with Gasteiger partial charge >= 0.3 is 0 Å². The molecule has 1 unspecified atom stereocenters. The Morgan fingerprint density at radius 1 is 1.12 bits per heavy atom. The number of aromatic nitrogens is 1. The molecule has 0 spiro atoms. The standard InChI is InChI=1S/C27H19Cl2N3O2/c28-17-12-16(13-18(29)14-17)19-5-3-6-21-20(8-10-30)23(15-31-26(19)21)27(33)32-24-9-11-34-25-7-2-1-4-22(24)25/h1-7,12-15,24H,8-9,11H2,(H,32,33). The summed E-state index contributed by atoms with van der Waals surface area (Å²) in [6.07, 6.45) is 2.29. The second-order valence-corrected chi connectivity index (χ2v) is 8.92. The number of para-hydroxylation sites is 2. The SMILES string of the molecule is N#CCc1c(C(=O)NC2CCOc3ccccc32)cnc2c(-c3cc(Cl)cc(Cl)c3)cccc12. The first kappa shape index (κ1) is 22.2. The van der Waals surface area contributed by atoms with Gasteiger partial charge in [0.15, 0.2) is 0 Å². The lowest BCUT2D eigenvalue weighted by molar-refractivity contribution is 0.0924. The molecule has 5 rings (SSSR count). The van der Waals surface area contributed by atoms with E-state index in [1.807, 2.05) is 54.6 Å². The smallest absolute Gasteiger partial charge is 0.253 e. The average molecular weight is 488 g/mol. The van der Waals surface area contributed by atoms with Crippen LogP contribution in [0.25, 0.3) is 22.0 Å². The molecule has 5 nitrogen and oxygen atoms in total. The first-order chi connectivity index (χ1) is 16.5. The van der Waals surface area contributed by atoms with E-state index in [9.17, 15) is 10.1 Å². The highest BCUT2D eigenvalue weighted by Gasteiger charge is 2.25. The van der Waals surface area contributed by atoms with Crippen LogP contribution in [0.4, 0.5) is 0 Å². The number of halogens is 2. The van der Waals surface area contributed by atoms with Crippen LogP contribution in [-0.4, -0.2) is 17.5 Å². The number of fused-ring (bicyclic) bond motifs is 2. The van der Waals surface area contributed by atoms with Crippen LogP contribution in [0, 0.1) is 11.3 Å². The Kier molecular flexibility index (Phi) is 6.10. The van der Waals surface area contributed by atoms with Gasteiger partial charge < -0.3 is 10.1 Å². The second kappa shape index (κ2) is 9.34. The number of pyridine rings is 1. The van der Waals surface area contributed by atoms with E-state index in [2.05, 4.69) is 16.4 Å². The largest absolute Gasteiger partial charge is 0.493 e. The van der Waals surface area contributed by atoms with Gasteiger partial charge in [-0.25, -0.2) is 0 Å². The summed E-state index contributed by atoms with van der Waals surface area (Å²) in [4.78, 5) is 18.0. The molecule has 0 radical (unpaired) electrons. The monoisotopic (exact) mass is 487 g/mol. The number of nitriles is 1. The molecule has 3 aromatic carbocycles. The molecular weight excluding hydrogens is 469 g/mol. The summed E-state index contributed by atoms with van der Waals surface area (Å²) < 4.78 is 5.71. The van der Waals surface area contributed by atoms with E-state index in [0.717, 1.165) is 27.8 Å². The van der Waals surface area contributed by atoms with Gasteiger partial charge in [0, 0.05) is 39.2 Å². The summed E-state index contributed by atoms with van der Waals surface area (Å²) in [7, 11) is 0. The summed E-state index contributed by atoms with van der Waals surface area (Å²) >= 11 is 12.4. The number of ether oxygens (including phenoxy) is 1. The van der Waals surface area contributed by atoms with Gasteiger partial charge in [0.05, 0.1) is 36.2 Å². The number of hydrogen-bond donors (Lipinski definition) is 1. The normalized spacial score (nSPS) is 14.7. The van der Waals surface area contributed by atoms with Gasteiger partial charge in [-0.1, -0.05) is 59.6 Å². The predicted molar refractivity (Wildman–Crippen MR) is 133 cm³/mol. The van der Waals surface area contributed by atoms with Crippen molar-refractivity contribution < 1.29 is 9.53 Å². The Morgan fingerprint density at radius 3 is 2.71 bits per heavy atom. The minimum absolute atomic E-state index is 0.0753. The maximum atomic E-state index is 13.4. The number of nitrogens with zero attached hydrogens (tertiary/aromatic N) is 2. The lowest BCUT2D eigenvalue weighted by Gasteiger charge is -2.27. The van der Waals surface area contributed by atoms with Crippen LogP contribution in [0.3, 0.4) is 0 Å². The number of amides is 1. The van der Waals surface area contributed by atoms with Crippen molar-refractivity contribution >= 4 is 40.0 Å². The molecule has 0 bridgehead atoms. The molecule has 168 valence electrons. The zero-order valence-corrected chi connectivity index (χ0v) is 19.5. The Labute approximate surface area is 206 Å². The molecule has 0 saturated heterocycles. The molecule has 1 aromatic heterocycles. The molecule has 1 N–H and O–H groups in total. The van der Waals surface area contributed by atoms with Crippen molar-refractivity contribution in [3.05, 3.63) is 93.6 Å². The second-order valence-electron chi connectivity index (χ2n) is 8.05. The lowest BCUT2D eigenvalue weighted by atomic mass is 9.95. The van der Waals surface area contributed by atoms with Crippen molar-refractivity contribution in [2.75, 3.05) is 6.61 Å². The van der Waals surface area contributed by atoms with Crippen molar-refractivity contribution in [1.29, 1.82) is 5.26 Å². The summed E-state index contributed by atoms with van der Waals surface area (Å²) in [5.41, 5.74) is 4.29. The first-order valence-corrected chi connectivity index (χ1v) is 11.6. The van der Waals surface area contributed by atoms with E-state index < -0.39 is 0 Å². The van der Waals surface area contributed by atoms with Crippen molar-refractivity contribution in [2.24, 2.45) is 0 Å². The summed E-state index contributed by atoms with van der Waals surface area (Å²) in [6, 6.07) is 20.7. The van der Waals surface area contributed by atoms with E-state index in [-0.39, 0.29) is 18.4 Å². The summed E-state index contributed by atoms with van der Waals surface area (Å²) in [5.74, 6) is 0.510. The van der Waals surface area contributed by atoms with E-state index in [1.165, 1.54) is 0 Å². The van der Waals surface area contributed by atoms with Crippen LogP contribution in [-0.2, 0) is 6.42 Å². The van der Waals surface area contributed by atoms with Crippen molar-refractivity contribution in [3.8, 4) is 22.9 Å². The number of benzene rings is 3. The third kappa shape index (κ3) is 4.19. The number of carbonyl (C=O) groups excluding carboxylic acids is 1. The molecule has 7 heteroatoms. The Hall–Kier alpha value is -3.59. The van der Waals surface area contributed by atoms with E-state index in [0.29, 0.717) is 39.7 Å². The topological polar surface area (TPSA) is 75.0 Å². The van der Waals surface area contributed by atoms with Crippen LogP contribution >= 0.6 is 23.2 Å². The zero-order valence-electron chi connectivity index (χ0n) is 18.0. The van der Waals surface area contributed by atoms with Crippen LogP contribution in [0.2, 0.25) is 10.0 Å². The minimum atomic E-state index is -0.266. The molecule has 1 aliphatic rings. The third-order valence-corrected chi connectivity index (χ3v) is 6.38. The van der Waals surface area contributed by atoms with Gasteiger partial charge in [-0.2, -0.15) is 5.26 Å². The van der Waals surface area contributed by atoms with Gasteiger partial charge in [-0.3, -0.25) is 9.78 Å². The molecule has 1 atom stereocenters. The maximum absolute atomic E-state index is 13.4. The molecule has 0 fully saturated rings. The Morgan fingerprint density at radius 2 is 1.91 bits per heavy atom. The lowest BCUT2D eigenvalue weighted by Crippen LogP contribution is -2.32. The highest BCUT2D eigenvalue weighted by atomic mass is 35.5. The highest BCUT2D eigenvalue weighted by Crippen LogP contribution is 2.35. The third-order valence-electron chi connectivity index (χ3n) is 5.95. The molecule has 1 aliphatic heterocycles. The fraction of sp³-hybridized carbons (Fsp3) is 0.148. The van der Waals surface area contributed by atoms with Crippen molar-refractivity contribution in [2.45, 2.75) is 18.9 Å². The van der Waals surface area contributed by atoms with E-state index >= 15 is 0 Å².